The number of oxazole rings is 1. The summed E-state index contributed by atoms with van der Waals surface area (Å²) >= 11 is 0. The predicted molar refractivity (Wildman–Crippen MR) is 66.8 cm³/mol. The van der Waals surface area contributed by atoms with Crippen molar-refractivity contribution in [3.05, 3.63) is 29.7 Å². The van der Waals surface area contributed by atoms with E-state index < -0.39 is 5.97 Å². The van der Waals surface area contributed by atoms with Crippen LogP contribution in [0, 0.1) is 0 Å². The van der Waals surface area contributed by atoms with E-state index in [-0.39, 0.29) is 11.0 Å². The Morgan fingerprint density at radius 1 is 1.39 bits per heavy atom. The molecular weight excluding hydrogens is 230 g/mol. The van der Waals surface area contributed by atoms with Gasteiger partial charge in [0.25, 0.3) is 0 Å². The lowest BCUT2D eigenvalue weighted by Gasteiger charge is -2.17. The molecule has 0 saturated heterocycles. The van der Waals surface area contributed by atoms with Crippen LogP contribution in [0.4, 0.5) is 0 Å². The second-order valence-corrected chi connectivity index (χ2v) is 5.27. The Morgan fingerprint density at radius 3 is 2.78 bits per heavy atom. The molecule has 1 N–H and O–H groups in total. The molecule has 0 atom stereocenters. The van der Waals surface area contributed by atoms with Gasteiger partial charge in [-0.25, -0.2) is 9.78 Å². The largest absolute Gasteiger partial charge is 0.478 e. The predicted octanol–water partition coefficient (Wildman–Crippen LogP) is 3.36. The molecule has 4 nitrogen and oxygen atoms in total. The third-order valence-electron chi connectivity index (χ3n) is 3.86. The molecule has 4 heteroatoms. The number of hydrogen-bond donors (Lipinski definition) is 1. The van der Waals surface area contributed by atoms with E-state index >= 15 is 0 Å². The van der Waals surface area contributed by atoms with Crippen LogP contribution >= 0.6 is 0 Å². The zero-order valence-electron chi connectivity index (χ0n) is 10.3. The third kappa shape index (κ3) is 1.68. The number of carbonyl (C=O) groups is 1. The normalized spacial score (nSPS) is 18.3. The maximum absolute atomic E-state index is 10.9. The highest BCUT2D eigenvalue weighted by atomic mass is 16.4. The average molecular weight is 245 g/mol. The van der Waals surface area contributed by atoms with Crippen molar-refractivity contribution in [3.63, 3.8) is 0 Å². The minimum Gasteiger partial charge on any atom is -0.478 e. The van der Waals surface area contributed by atoms with Crippen LogP contribution in [-0.2, 0) is 5.41 Å². The van der Waals surface area contributed by atoms with E-state index in [1.165, 1.54) is 12.8 Å². The summed E-state index contributed by atoms with van der Waals surface area (Å²) in [5, 5.41) is 8.95. The van der Waals surface area contributed by atoms with Crippen molar-refractivity contribution in [1.82, 2.24) is 4.98 Å². The zero-order chi connectivity index (χ0) is 12.8. The van der Waals surface area contributed by atoms with E-state index in [2.05, 4.69) is 11.9 Å². The molecule has 1 saturated carbocycles. The summed E-state index contributed by atoms with van der Waals surface area (Å²) in [7, 11) is 0. The van der Waals surface area contributed by atoms with Gasteiger partial charge in [0.1, 0.15) is 5.52 Å². The quantitative estimate of drug-likeness (QED) is 0.881. The van der Waals surface area contributed by atoms with E-state index in [1.54, 1.807) is 18.2 Å². The fourth-order valence-electron chi connectivity index (χ4n) is 2.69. The first kappa shape index (κ1) is 11.3. The van der Waals surface area contributed by atoms with Gasteiger partial charge >= 0.3 is 5.97 Å². The Bertz CT molecular complexity index is 609. The van der Waals surface area contributed by atoms with Crippen molar-refractivity contribution in [2.45, 2.75) is 38.0 Å². The lowest BCUT2D eigenvalue weighted by atomic mass is 9.89. The van der Waals surface area contributed by atoms with Gasteiger partial charge in [0, 0.05) is 5.41 Å². The SMILES string of the molecule is CC1(c2nc3cc(C(=O)O)ccc3o2)CCCC1. The monoisotopic (exact) mass is 245 g/mol. The highest BCUT2D eigenvalue weighted by Crippen LogP contribution is 2.41. The van der Waals surface area contributed by atoms with Crippen LogP contribution < -0.4 is 0 Å². The Morgan fingerprint density at radius 2 is 2.11 bits per heavy atom. The molecule has 0 aliphatic heterocycles. The van der Waals surface area contributed by atoms with Gasteiger partial charge < -0.3 is 9.52 Å². The Hall–Kier alpha value is -1.84. The molecular formula is C14H15NO3. The number of aromatic carboxylic acids is 1. The first-order chi connectivity index (χ1) is 8.58. The Labute approximate surface area is 105 Å². The van der Waals surface area contributed by atoms with E-state index in [4.69, 9.17) is 9.52 Å². The maximum Gasteiger partial charge on any atom is 0.335 e. The molecule has 0 unspecified atom stereocenters. The van der Waals surface area contributed by atoms with Gasteiger partial charge in [0.15, 0.2) is 5.58 Å². The summed E-state index contributed by atoms with van der Waals surface area (Å²) in [6, 6.07) is 4.81. The highest BCUT2D eigenvalue weighted by molar-refractivity contribution is 5.91. The van der Waals surface area contributed by atoms with E-state index in [0.717, 1.165) is 18.7 Å². The smallest absolute Gasteiger partial charge is 0.335 e. The number of nitrogens with zero attached hydrogens (tertiary/aromatic N) is 1. The summed E-state index contributed by atoms with van der Waals surface area (Å²) < 4.78 is 5.79. The number of carboxylic acid groups (broad SMARTS) is 1. The molecule has 0 bridgehead atoms. The molecule has 1 fully saturated rings. The van der Waals surface area contributed by atoms with Crippen LogP contribution in [0.2, 0.25) is 0 Å². The number of aromatic nitrogens is 1. The molecule has 18 heavy (non-hydrogen) atoms. The second-order valence-electron chi connectivity index (χ2n) is 5.27. The average Bonchev–Trinajstić information content (AvgIpc) is 2.94. The highest BCUT2D eigenvalue weighted by Gasteiger charge is 2.35. The van der Waals surface area contributed by atoms with Gasteiger partial charge in [-0.1, -0.05) is 19.8 Å². The molecule has 1 heterocycles. The third-order valence-corrected chi connectivity index (χ3v) is 3.86. The molecule has 1 aromatic carbocycles. The summed E-state index contributed by atoms with van der Waals surface area (Å²) in [4.78, 5) is 15.4. The molecule has 0 amide bonds. The summed E-state index contributed by atoms with van der Waals surface area (Å²) in [5.41, 5.74) is 1.57. The first-order valence-corrected chi connectivity index (χ1v) is 6.23. The van der Waals surface area contributed by atoms with Gasteiger partial charge in [-0.05, 0) is 31.0 Å². The summed E-state index contributed by atoms with van der Waals surface area (Å²) in [5.74, 6) is -0.189. The van der Waals surface area contributed by atoms with E-state index in [1.807, 2.05) is 0 Å². The number of hydrogen-bond acceptors (Lipinski definition) is 3. The van der Waals surface area contributed by atoms with Gasteiger partial charge in [0.05, 0.1) is 5.56 Å². The fraction of sp³-hybridized carbons (Fsp3) is 0.429. The molecule has 0 spiro atoms. The van der Waals surface area contributed by atoms with Crippen molar-refractivity contribution in [3.8, 4) is 0 Å². The van der Waals surface area contributed by atoms with E-state index in [9.17, 15) is 4.79 Å². The topological polar surface area (TPSA) is 63.3 Å². The van der Waals surface area contributed by atoms with Crippen LogP contribution in [0.15, 0.2) is 22.6 Å². The molecule has 1 aliphatic rings. The summed E-state index contributed by atoms with van der Waals surface area (Å²) in [6.07, 6.45) is 4.59. The van der Waals surface area contributed by atoms with Crippen LogP contribution in [0.1, 0.15) is 48.9 Å². The molecule has 0 radical (unpaired) electrons. The number of benzene rings is 1. The number of fused-ring (bicyclic) bond motifs is 1. The summed E-state index contributed by atoms with van der Waals surface area (Å²) in [6.45, 7) is 2.17. The molecule has 3 rings (SSSR count). The lowest BCUT2D eigenvalue weighted by Crippen LogP contribution is -2.16. The lowest BCUT2D eigenvalue weighted by molar-refractivity contribution is 0.0697. The second kappa shape index (κ2) is 3.83. The van der Waals surface area contributed by atoms with Crippen LogP contribution in [-0.4, -0.2) is 16.1 Å². The minimum absolute atomic E-state index is 0.0163. The van der Waals surface area contributed by atoms with Gasteiger partial charge in [0.2, 0.25) is 5.89 Å². The van der Waals surface area contributed by atoms with Crippen LogP contribution in [0.5, 0.6) is 0 Å². The van der Waals surface area contributed by atoms with Crippen LogP contribution in [0.25, 0.3) is 11.1 Å². The fourth-order valence-corrected chi connectivity index (χ4v) is 2.69. The zero-order valence-corrected chi connectivity index (χ0v) is 10.3. The van der Waals surface area contributed by atoms with Crippen molar-refractivity contribution < 1.29 is 14.3 Å². The van der Waals surface area contributed by atoms with Crippen LogP contribution in [0.3, 0.4) is 0 Å². The molecule has 2 aromatic rings. The minimum atomic E-state index is -0.937. The van der Waals surface area contributed by atoms with Crippen molar-refractivity contribution in [2.24, 2.45) is 0 Å². The van der Waals surface area contributed by atoms with Crippen molar-refractivity contribution in [2.75, 3.05) is 0 Å². The number of carboxylic acids is 1. The van der Waals surface area contributed by atoms with Crippen molar-refractivity contribution >= 4 is 17.1 Å². The Balaban J connectivity index is 2.08. The van der Waals surface area contributed by atoms with Gasteiger partial charge in [-0.3, -0.25) is 0 Å². The molecule has 1 aliphatic carbocycles. The van der Waals surface area contributed by atoms with Gasteiger partial charge in [-0.15, -0.1) is 0 Å². The molecule has 1 aromatic heterocycles. The molecule has 94 valence electrons. The van der Waals surface area contributed by atoms with Gasteiger partial charge in [-0.2, -0.15) is 0 Å². The standard InChI is InChI=1S/C14H15NO3/c1-14(6-2-3-7-14)13-15-10-8-9(12(16)17)4-5-11(10)18-13/h4-5,8H,2-3,6-7H2,1H3,(H,16,17). The maximum atomic E-state index is 10.9. The number of rotatable bonds is 2. The first-order valence-electron chi connectivity index (χ1n) is 6.23. The Kier molecular flexibility index (Phi) is 2.40. The van der Waals surface area contributed by atoms with Crippen molar-refractivity contribution in [1.29, 1.82) is 0 Å². The van der Waals surface area contributed by atoms with E-state index in [0.29, 0.717) is 11.1 Å².